The lowest BCUT2D eigenvalue weighted by atomic mass is 9.96. The Morgan fingerprint density at radius 2 is 1.90 bits per heavy atom. The van der Waals surface area contributed by atoms with E-state index in [0.717, 1.165) is 53.9 Å². The zero-order valence-electron chi connectivity index (χ0n) is 17.0. The van der Waals surface area contributed by atoms with Crippen LogP contribution in [0.1, 0.15) is 60.8 Å². The highest BCUT2D eigenvalue weighted by Crippen LogP contribution is 2.43. The van der Waals surface area contributed by atoms with Gasteiger partial charge in [-0.3, -0.25) is 9.89 Å². The highest BCUT2D eigenvalue weighted by molar-refractivity contribution is 6.00. The summed E-state index contributed by atoms with van der Waals surface area (Å²) >= 11 is 0. The van der Waals surface area contributed by atoms with Gasteiger partial charge in [0.05, 0.1) is 18.3 Å². The number of carbonyl (C=O) groups excluding carboxylic acids is 1. The Balaban J connectivity index is 1.80. The van der Waals surface area contributed by atoms with Crippen molar-refractivity contribution in [2.24, 2.45) is 0 Å². The van der Waals surface area contributed by atoms with Gasteiger partial charge in [-0.1, -0.05) is 62.2 Å². The number of carbonyl (C=O) groups is 1. The van der Waals surface area contributed by atoms with Crippen LogP contribution in [-0.2, 0) is 0 Å². The summed E-state index contributed by atoms with van der Waals surface area (Å²) in [4.78, 5) is 15.2. The molecule has 1 aliphatic heterocycles. The number of hydrogen-bond acceptors (Lipinski definition) is 3. The lowest BCUT2D eigenvalue weighted by molar-refractivity contribution is 0.0740. The summed E-state index contributed by atoms with van der Waals surface area (Å²) in [6.45, 7) is 5.49. The second-order valence-corrected chi connectivity index (χ2v) is 7.34. The largest absolute Gasteiger partial charge is 0.494 e. The fraction of sp³-hybridized carbons (Fsp3) is 0.333. The van der Waals surface area contributed by atoms with Crippen molar-refractivity contribution in [1.82, 2.24) is 15.1 Å². The molecule has 29 heavy (non-hydrogen) atoms. The number of unbranched alkanes of at least 4 members (excludes halogenated alkanes) is 2. The molecule has 1 amide bonds. The van der Waals surface area contributed by atoms with Crippen LogP contribution in [0.5, 0.6) is 5.75 Å². The van der Waals surface area contributed by atoms with Crippen LogP contribution in [0.3, 0.4) is 0 Å². The normalized spacial score (nSPS) is 15.6. The van der Waals surface area contributed by atoms with Crippen LogP contribution in [0, 0.1) is 0 Å². The average molecular weight is 389 g/mol. The fourth-order valence-electron chi connectivity index (χ4n) is 4.06. The first-order valence-corrected chi connectivity index (χ1v) is 10.4. The lowest BCUT2D eigenvalue weighted by Crippen LogP contribution is -2.30. The van der Waals surface area contributed by atoms with Crippen molar-refractivity contribution < 1.29 is 9.53 Å². The second-order valence-electron chi connectivity index (χ2n) is 7.34. The first kappa shape index (κ1) is 19.2. The Morgan fingerprint density at radius 1 is 1.07 bits per heavy atom. The maximum absolute atomic E-state index is 13.3. The van der Waals surface area contributed by atoms with Crippen LogP contribution in [0.4, 0.5) is 0 Å². The van der Waals surface area contributed by atoms with Crippen molar-refractivity contribution in [2.45, 2.75) is 39.2 Å². The van der Waals surface area contributed by atoms with Crippen LogP contribution in [0.2, 0.25) is 0 Å². The van der Waals surface area contributed by atoms with Crippen LogP contribution in [0.15, 0.2) is 54.6 Å². The van der Waals surface area contributed by atoms with E-state index in [2.05, 4.69) is 23.2 Å². The first-order valence-electron chi connectivity index (χ1n) is 10.4. The predicted molar refractivity (Wildman–Crippen MR) is 114 cm³/mol. The summed E-state index contributed by atoms with van der Waals surface area (Å²) in [6, 6.07) is 18.0. The van der Waals surface area contributed by atoms with Crippen LogP contribution >= 0.6 is 0 Å². The molecule has 5 heteroatoms. The minimum absolute atomic E-state index is 0.0256. The van der Waals surface area contributed by atoms with Crippen molar-refractivity contribution >= 4 is 5.91 Å². The molecule has 0 radical (unpaired) electrons. The molecule has 2 heterocycles. The molecule has 0 fully saturated rings. The number of nitrogens with zero attached hydrogens (tertiary/aromatic N) is 2. The van der Waals surface area contributed by atoms with Gasteiger partial charge in [-0.2, -0.15) is 5.10 Å². The van der Waals surface area contributed by atoms with E-state index in [9.17, 15) is 4.79 Å². The number of rotatable bonds is 8. The minimum Gasteiger partial charge on any atom is -0.494 e. The molecule has 1 atom stereocenters. The van der Waals surface area contributed by atoms with Gasteiger partial charge in [-0.05, 0) is 31.0 Å². The van der Waals surface area contributed by atoms with Crippen LogP contribution in [0.25, 0.3) is 11.3 Å². The third-order valence-corrected chi connectivity index (χ3v) is 5.40. The van der Waals surface area contributed by atoms with E-state index in [1.807, 2.05) is 60.4 Å². The van der Waals surface area contributed by atoms with Gasteiger partial charge < -0.3 is 9.64 Å². The fourth-order valence-corrected chi connectivity index (χ4v) is 4.06. The maximum atomic E-state index is 13.3. The number of fused-ring (bicyclic) bond motifs is 1. The molecule has 1 N–H and O–H groups in total. The second kappa shape index (κ2) is 8.52. The molecule has 0 saturated heterocycles. The first-order chi connectivity index (χ1) is 14.2. The third-order valence-electron chi connectivity index (χ3n) is 5.40. The average Bonchev–Trinajstić information content (AvgIpc) is 3.29. The lowest BCUT2D eigenvalue weighted by Gasteiger charge is -2.26. The standard InChI is InChI=1S/C24H27N3O2/c1-3-5-9-15-27-23(18-13-10-14-19(16-18)29-4-2)20-21(17-11-7-6-8-12-17)25-26-22(20)24(27)28/h6-8,10-14,16,23H,3-5,9,15H2,1-2H3,(H,25,26). The predicted octanol–water partition coefficient (Wildman–Crippen LogP) is 5.21. The summed E-state index contributed by atoms with van der Waals surface area (Å²) in [5, 5.41) is 7.54. The van der Waals surface area contributed by atoms with Crippen LogP contribution in [-0.4, -0.2) is 34.2 Å². The number of aromatic amines is 1. The summed E-state index contributed by atoms with van der Waals surface area (Å²) in [5.74, 6) is 0.849. The van der Waals surface area contributed by atoms with Gasteiger partial charge in [-0.25, -0.2) is 0 Å². The Labute approximate surface area is 171 Å². The Morgan fingerprint density at radius 3 is 2.66 bits per heavy atom. The number of hydrogen-bond donors (Lipinski definition) is 1. The van der Waals surface area contributed by atoms with Gasteiger partial charge >= 0.3 is 0 Å². The summed E-state index contributed by atoms with van der Waals surface area (Å²) in [7, 11) is 0. The SMILES string of the molecule is CCCCCN1C(=O)c2[nH]nc(-c3ccccc3)c2C1c1cccc(OCC)c1. The van der Waals surface area contributed by atoms with Gasteiger partial charge in [0.2, 0.25) is 0 Å². The molecule has 4 rings (SSSR count). The molecular weight excluding hydrogens is 362 g/mol. The van der Waals surface area contributed by atoms with E-state index in [1.54, 1.807) is 0 Å². The summed E-state index contributed by atoms with van der Waals surface area (Å²) in [5.41, 5.74) is 4.48. The van der Waals surface area contributed by atoms with Crippen molar-refractivity contribution in [3.05, 3.63) is 71.4 Å². The van der Waals surface area contributed by atoms with Gasteiger partial charge in [0.1, 0.15) is 11.4 Å². The van der Waals surface area contributed by atoms with E-state index >= 15 is 0 Å². The van der Waals surface area contributed by atoms with Crippen molar-refractivity contribution in [3.63, 3.8) is 0 Å². The maximum Gasteiger partial charge on any atom is 0.273 e. The molecule has 0 aliphatic carbocycles. The smallest absolute Gasteiger partial charge is 0.273 e. The van der Waals surface area contributed by atoms with Crippen LogP contribution < -0.4 is 4.74 Å². The zero-order valence-corrected chi connectivity index (χ0v) is 17.0. The van der Waals surface area contributed by atoms with E-state index in [-0.39, 0.29) is 11.9 Å². The monoisotopic (exact) mass is 389 g/mol. The van der Waals surface area contributed by atoms with E-state index in [0.29, 0.717) is 12.3 Å². The molecule has 0 bridgehead atoms. The van der Waals surface area contributed by atoms with Gasteiger partial charge in [-0.15, -0.1) is 0 Å². The van der Waals surface area contributed by atoms with Gasteiger partial charge in [0.15, 0.2) is 0 Å². The van der Waals surface area contributed by atoms with E-state index in [1.165, 1.54) is 0 Å². The highest BCUT2D eigenvalue weighted by Gasteiger charge is 2.41. The number of H-pyrrole nitrogens is 1. The molecule has 5 nitrogen and oxygen atoms in total. The number of benzene rings is 2. The molecule has 3 aromatic rings. The molecule has 2 aromatic carbocycles. The quantitative estimate of drug-likeness (QED) is 0.538. The highest BCUT2D eigenvalue weighted by atomic mass is 16.5. The number of aromatic nitrogens is 2. The third kappa shape index (κ3) is 3.65. The summed E-state index contributed by atoms with van der Waals surface area (Å²) < 4.78 is 5.72. The molecule has 1 unspecified atom stereocenters. The van der Waals surface area contributed by atoms with Crippen molar-refractivity contribution in [1.29, 1.82) is 0 Å². The zero-order chi connectivity index (χ0) is 20.2. The molecule has 1 aliphatic rings. The summed E-state index contributed by atoms with van der Waals surface area (Å²) in [6.07, 6.45) is 3.21. The Bertz CT molecular complexity index is 981. The Hall–Kier alpha value is -3.08. The van der Waals surface area contributed by atoms with Crippen molar-refractivity contribution in [2.75, 3.05) is 13.2 Å². The van der Waals surface area contributed by atoms with Gasteiger partial charge in [0, 0.05) is 17.7 Å². The van der Waals surface area contributed by atoms with E-state index in [4.69, 9.17) is 4.74 Å². The number of ether oxygens (including phenoxy) is 1. The minimum atomic E-state index is -0.163. The Kier molecular flexibility index (Phi) is 5.65. The topological polar surface area (TPSA) is 58.2 Å². The van der Waals surface area contributed by atoms with Crippen molar-refractivity contribution in [3.8, 4) is 17.0 Å². The van der Waals surface area contributed by atoms with Gasteiger partial charge in [0.25, 0.3) is 5.91 Å². The molecule has 1 aromatic heterocycles. The molecule has 0 spiro atoms. The number of nitrogens with one attached hydrogen (secondary N) is 1. The molecule has 150 valence electrons. The van der Waals surface area contributed by atoms with E-state index < -0.39 is 0 Å². The number of amides is 1. The molecule has 0 saturated carbocycles. The molecular formula is C24H27N3O2.